The van der Waals surface area contributed by atoms with Gasteiger partial charge in [0.25, 0.3) is 0 Å². The molecule has 14 nitrogen and oxygen atoms in total. The largest absolute Gasteiger partial charge is 0.390 e. The van der Waals surface area contributed by atoms with E-state index in [9.17, 15) is 27.9 Å². The fourth-order valence-electron chi connectivity index (χ4n) is 7.27. The second kappa shape index (κ2) is 19.6. The molecule has 1 saturated carbocycles. The Morgan fingerprint density at radius 3 is 2.45 bits per heavy atom. The maximum Gasteiger partial charge on any atom is 0.336 e. The number of amides is 3. The van der Waals surface area contributed by atoms with Gasteiger partial charge in [-0.1, -0.05) is 74.3 Å². The monoisotopic (exact) mass is 795 g/mol. The van der Waals surface area contributed by atoms with E-state index in [0.29, 0.717) is 25.2 Å². The van der Waals surface area contributed by atoms with Crippen LogP contribution in [0, 0.1) is 18.8 Å². The van der Waals surface area contributed by atoms with Crippen molar-refractivity contribution in [2.75, 3.05) is 26.2 Å². The SMILES string of the molecule is Cc1nc(CN2CCN([C@H](C(=O)N[C@@H](Cc3ccccc3)[C@H](O)CN[C@H](C3CCCC3)S(=O)(=O)c3ccc(/C=N/OC(=O)CCN)cc3)C(C)C)C2=O)cs1. The quantitative estimate of drug-likeness (QED) is 0.0791. The molecule has 5 N–H and O–H groups in total. The molecule has 5 rings (SSSR count). The number of urea groups is 1. The number of aryl methyl sites for hydroxylation is 1. The zero-order valence-corrected chi connectivity index (χ0v) is 33.3. The highest BCUT2D eigenvalue weighted by Gasteiger charge is 2.41. The third-order valence-electron chi connectivity index (χ3n) is 10.1. The molecule has 2 aliphatic rings. The van der Waals surface area contributed by atoms with Crippen LogP contribution in [0.2, 0.25) is 0 Å². The summed E-state index contributed by atoms with van der Waals surface area (Å²) in [4.78, 5) is 51.9. The number of oxime groups is 1. The summed E-state index contributed by atoms with van der Waals surface area (Å²) < 4.78 is 28.3. The highest BCUT2D eigenvalue weighted by atomic mass is 32.2. The molecule has 16 heteroatoms. The molecular weight excluding hydrogens is 743 g/mol. The Kier molecular flexibility index (Phi) is 14.9. The zero-order chi connectivity index (χ0) is 39.5. The van der Waals surface area contributed by atoms with Gasteiger partial charge in [-0.3, -0.25) is 10.1 Å². The fourth-order valence-corrected chi connectivity index (χ4v) is 9.78. The smallest absolute Gasteiger partial charge is 0.336 e. The maximum atomic E-state index is 14.2. The lowest BCUT2D eigenvalue weighted by atomic mass is 9.97. The Hall–Kier alpha value is -4.22. The van der Waals surface area contributed by atoms with E-state index in [-0.39, 0.29) is 54.6 Å². The minimum atomic E-state index is -3.92. The van der Waals surface area contributed by atoms with Crippen molar-refractivity contribution in [2.45, 2.75) is 94.3 Å². The summed E-state index contributed by atoms with van der Waals surface area (Å²) in [5, 5.41) is 23.6. The van der Waals surface area contributed by atoms with Gasteiger partial charge < -0.3 is 30.8 Å². The molecule has 0 bridgehead atoms. The number of carbonyl (C=O) groups excluding carboxylic acids is 3. The molecule has 3 aromatic rings. The number of aliphatic hydroxyl groups excluding tert-OH is 1. The third kappa shape index (κ3) is 11.2. The summed E-state index contributed by atoms with van der Waals surface area (Å²) in [6.45, 7) is 6.94. The van der Waals surface area contributed by atoms with Crippen LogP contribution in [0.25, 0.3) is 0 Å². The van der Waals surface area contributed by atoms with Crippen molar-refractivity contribution < 1.29 is 32.7 Å². The van der Waals surface area contributed by atoms with Crippen molar-refractivity contribution in [3.05, 3.63) is 81.8 Å². The molecule has 2 heterocycles. The number of aliphatic hydroxyl groups is 1. The van der Waals surface area contributed by atoms with Gasteiger partial charge in [-0.05, 0) is 61.3 Å². The minimum Gasteiger partial charge on any atom is -0.390 e. The van der Waals surface area contributed by atoms with E-state index in [1.165, 1.54) is 29.7 Å². The van der Waals surface area contributed by atoms with Crippen LogP contribution in [-0.2, 0) is 37.2 Å². The fraction of sp³-hybridized carbons (Fsp3) is 0.513. The number of carbonyl (C=O) groups is 3. The number of hydrogen-bond donors (Lipinski definition) is 4. The molecule has 55 heavy (non-hydrogen) atoms. The van der Waals surface area contributed by atoms with Gasteiger partial charge in [0, 0.05) is 31.6 Å². The molecule has 2 fully saturated rings. The molecule has 3 amide bonds. The number of rotatable bonds is 19. The molecule has 0 radical (unpaired) electrons. The number of thiazole rings is 1. The topological polar surface area (TPSA) is 197 Å². The minimum absolute atomic E-state index is 0.0315. The van der Waals surface area contributed by atoms with Gasteiger partial charge in [-0.2, -0.15) is 0 Å². The van der Waals surface area contributed by atoms with Crippen molar-refractivity contribution in [3.8, 4) is 0 Å². The first kappa shape index (κ1) is 41.9. The molecule has 0 unspecified atom stereocenters. The maximum absolute atomic E-state index is 14.2. The number of sulfone groups is 1. The molecule has 1 saturated heterocycles. The molecule has 1 aliphatic carbocycles. The van der Waals surface area contributed by atoms with E-state index in [1.807, 2.05) is 56.5 Å². The number of aromatic nitrogens is 1. The van der Waals surface area contributed by atoms with E-state index in [4.69, 9.17) is 10.6 Å². The Bertz CT molecular complexity index is 1870. The Labute approximate surface area is 327 Å². The van der Waals surface area contributed by atoms with Crippen LogP contribution in [0.4, 0.5) is 4.79 Å². The number of nitrogens with one attached hydrogen (secondary N) is 2. The average molecular weight is 796 g/mol. The summed E-state index contributed by atoms with van der Waals surface area (Å²) in [5.41, 5.74) is 7.58. The van der Waals surface area contributed by atoms with E-state index in [2.05, 4.69) is 20.8 Å². The second-order valence-electron chi connectivity index (χ2n) is 14.5. The van der Waals surface area contributed by atoms with Gasteiger partial charge >= 0.3 is 12.0 Å². The van der Waals surface area contributed by atoms with E-state index < -0.39 is 39.4 Å². The summed E-state index contributed by atoms with van der Waals surface area (Å²) in [7, 11) is -3.92. The van der Waals surface area contributed by atoms with Gasteiger partial charge in [0.15, 0.2) is 9.84 Å². The van der Waals surface area contributed by atoms with E-state index in [0.717, 1.165) is 41.9 Å². The van der Waals surface area contributed by atoms with Gasteiger partial charge in [0.2, 0.25) is 5.91 Å². The highest BCUT2D eigenvalue weighted by Crippen LogP contribution is 2.33. The third-order valence-corrected chi connectivity index (χ3v) is 13.0. The predicted molar refractivity (Wildman–Crippen MR) is 211 cm³/mol. The van der Waals surface area contributed by atoms with E-state index in [1.54, 1.807) is 21.9 Å². The molecule has 0 spiro atoms. The van der Waals surface area contributed by atoms with Gasteiger partial charge in [-0.25, -0.2) is 23.0 Å². The van der Waals surface area contributed by atoms with Gasteiger partial charge in [0.1, 0.15) is 11.4 Å². The summed E-state index contributed by atoms with van der Waals surface area (Å²) in [6.07, 6.45) is 3.70. The highest BCUT2D eigenvalue weighted by molar-refractivity contribution is 7.92. The summed E-state index contributed by atoms with van der Waals surface area (Å²) in [5.74, 6) is -1.35. The van der Waals surface area contributed by atoms with Crippen LogP contribution in [-0.4, -0.2) is 102 Å². The Morgan fingerprint density at radius 2 is 1.82 bits per heavy atom. The Balaban J connectivity index is 1.30. The lowest BCUT2D eigenvalue weighted by molar-refractivity contribution is -0.143. The first-order valence-electron chi connectivity index (χ1n) is 18.9. The van der Waals surface area contributed by atoms with Crippen molar-refractivity contribution in [1.82, 2.24) is 25.4 Å². The number of nitrogens with zero attached hydrogens (tertiary/aromatic N) is 4. The number of benzene rings is 2. The second-order valence-corrected chi connectivity index (χ2v) is 17.7. The molecule has 298 valence electrons. The summed E-state index contributed by atoms with van der Waals surface area (Å²) in [6, 6.07) is 13.8. The Morgan fingerprint density at radius 1 is 1.11 bits per heavy atom. The standard InChI is InChI=1S/C39H53N7O7S2/c1-26(2)36(46-20-19-45(39(46)50)24-31-25-54-27(3)43-31)37(49)44-33(21-28-9-5-4-6-10-28)34(47)23-41-38(30-11-7-8-12-30)55(51,52)32-15-13-29(14-16-32)22-42-53-35(48)17-18-40/h4-6,9-10,13-16,22,25-26,30,33-34,36,38,41,47H,7-8,11-12,17-21,23-24,40H2,1-3H3,(H,44,49)/b42-22+/t33-,34+,36-,38-/m0/s1. The normalized spacial score (nSPS) is 17.5. The van der Waals surface area contributed by atoms with Crippen LogP contribution >= 0.6 is 11.3 Å². The van der Waals surface area contributed by atoms with Crippen LogP contribution in [0.15, 0.2) is 70.0 Å². The lowest BCUT2D eigenvalue weighted by Crippen LogP contribution is -2.57. The molecule has 2 aromatic carbocycles. The zero-order valence-electron chi connectivity index (χ0n) is 31.7. The van der Waals surface area contributed by atoms with Crippen LogP contribution < -0.4 is 16.4 Å². The molecular formula is C39H53N7O7S2. The lowest BCUT2D eigenvalue weighted by Gasteiger charge is -2.33. The number of nitrogens with two attached hydrogens (primary N) is 1. The number of hydrogen-bond acceptors (Lipinski definition) is 12. The van der Waals surface area contributed by atoms with Crippen LogP contribution in [0.1, 0.15) is 67.8 Å². The first-order chi connectivity index (χ1) is 26.4. The predicted octanol–water partition coefficient (Wildman–Crippen LogP) is 3.61. The molecule has 1 aromatic heterocycles. The van der Waals surface area contributed by atoms with Crippen molar-refractivity contribution >= 4 is 45.3 Å². The molecule has 1 aliphatic heterocycles. The van der Waals surface area contributed by atoms with Crippen LogP contribution in [0.3, 0.4) is 0 Å². The van der Waals surface area contributed by atoms with Crippen molar-refractivity contribution in [3.63, 3.8) is 0 Å². The summed E-state index contributed by atoms with van der Waals surface area (Å²) >= 11 is 1.52. The van der Waals surface area contributed by atoms with Gasteiger partial charge in [0.05, 0.1) is 46.9 Å². The van der Waals surface area contributed by atoms with E-state index >= 15 is 0 Å². The first-order valence-corrected chi connectivity index (χ1v) is 21.3. The van der Waals surface area contributed by atoms with Crippen molar-refractivity contribution in [1.29, 1.82) is 0 Å². The van der Waals surface area contributed by atoms with Gasteiger partial charge in [-0.15, -0.1) is 11.3 Å². The average Bonchev–Trinajstić information content (AvgIpc) is 3.92. The van der Waals surface area contributed by atoms with Crippen LogP contribution in [0.5, 0.6) is 0 Å². The molecule has 4 atom stereocenters. The van der Waals surface area contributed by atoms with Crippen molar-refractivity contribution in [2.24, 2.45) is 22.7 Å².